The fourth-order valence-electron chi connectivity index (χ4n) is 2.97. The Morgan fingerprint density at radius 2 is 1.92 bits per heavy atom. The van der Waals surface area contributed by atoms with Crippen molar-refractivity contribution in [3.8, 4) is 0 Å². The molecular weight excluding hydrogens is 310 g/mol. The highest BCUT2D eigenvalue weighted by atomic mass is 32.2. The molecule has 0 aliphatic carbocycles. The normalized spacial score (nSPS) is 18.3. The summed E-state index contributed by atoms with van der Waals surface area (Å²) in [5, 5.41) is 5.76. The third kappa shape index (κ3) is 2.70. The predicted molar refractivity (Wildman–Crippen MR) is 108 cm³/mol. The third-order valence-electron chi connectivity index (χ3n) is 4.14. The lowest BCUT2D eigenvalue weighted by Crippen LogP contribution is -2.11. The molecule has 1 nitrogen and oxygen atoms in total. The van der Waals surface area contributed by atoms with Gasteiger partial charge in [0.15, 0.2) is 0 Å². The Balaban J connectivity index is 1.60. The average Bonchev–Trinajstić information content (AvgIpc) is 2.64. The van der Waals surface area contributed by atoms with E-state index >= 15 is 0 Å². The van der Waals surface area contributed by atoms with Gasteiger partial charge >= 0.3 is 0 Å². The van der Waals surface area contributed by atoms with Crippen LogP contribution in [0.4, 0.5) is 5.69 Å². The smallest absolute Gasteiger partial charge is 0.0387 e. The van der Waals surface area contributed by atoms with Gasteiger partial charge in [-0.2, -0.15) is 0 Å². The Bertz CT molecular complexity index is 928. The number of nitrogens with one attached hydrogen (secondary N) is 1. The molecule has 24 heavy (non-hydrogen) atoms. The Kier molecular flexibility index (Phi) is 4.06. The van der Waals surface area contributed by atoms with Gasteiger partial charge in [-0.15, -0.1) is 10.5 Å². The molecule has 2 aliphatic heterocycles. The zero-order chi connectivity index (χ0) is 16.4. The monoisotopic (exact) mass is 329 g/mol. The second-order valence-electron chi connectivity index (χ2n) is 5.71. The van der Waals surface area contributed by atoms with E-state index in [-0.39, 0.29) is 10.5 Å². The number of rotatable bonds is 4. The van der Waals surface area contributed by atoms with Crippen molar-refractivity contribution in [3.63, 3.8) is 0 Å². The zero-order valence-corrected chi connectivity index (χ0v) is 14.4. The van der Waals surface area contributed by atoms with Crippen LogP contribution in [0.1, 0.15) is 18.1 Å². The molecule has 0 spiro atoms. The average molecular weight is 329 g/mol. The van der Waals surface area contributed by atoms with E-state index in [2.05, 4.69) is 89.8 Å². The predicted octanol–water partition coefficient (Wildman–Crippen LogP) is 5.96. The standard InChI is InChI=1S/C22H19NS/c1-2-8-18(17-9-4-3-5-10-17)16-23-19-12-13-22-20(15-19)21-11-6-7-14-24(21)22/h2-16,23H,1H3/b8-2-,18-16+. The van der Waals surface area contributed by atoms with Gasteiger partial charge in [0, 0.05) is 27.2 Å². The summed E-state index contributed by atoms with van der Waals surface area (Å²) in [6.07, 6.45) is 12.8. The quantitative estimate of drug-likeness (QED) is 0.539. The topological polar surface area (TPSA) is 12.0 Å². The maximum Gasteiger partial charge on any atom is 0.0387 e. The van der Waals surface area contributed by atoms with Gasteiger partial charge in [-0.05, 0) is 47.7 Å². The van der Waals surface area contributed by atoms with E-state index in [1.807, 2.05) is 13.0 Å². The minimum atomic E-state index is 0.212. The van der Waals surface area contributed by atoms with Gasteiger partial charge < -0.3 is 5.32 Å². The van der Waals surface area contributed by atoms with E-state index in [0.29, 0.717) is 0 Å². The highest BCUT2D eigenvalue weighted by molar-refractivity contribution is 8.20. The molecule has 2 aromatic rings. The van der Waals surface area contributed by atoms with Gasteiger partial charge in [0.05, 0.1) is 0 Å². The second-order valence-corrected chi connectivity index (χ2v) is 7.54. The highest BCUT2D eigenvalue weighted by Crippen LogP contribution is 2.46. The zero-order valence-electron chi connectivity index (χ0n) is 13.6. The fraction of sp³-hybridized carbons (Fsp3) is 0.0455. The molecule has 0 amide bonds. The van der Waals surface area contributed by atoms with E-state index in [1.165, 1.54) is 26.5 Å². The SMILES string of the molecule is C/C=C\C(=C/Nc1ccc2c(c1)C1=S2C=CC=C1)c1ccccc1. The molecule has 0 saturated carbocycles. The van der Waals surface area contributed by atoms with Gasteiger partial charge in [-0.25, -0.2) is 0 Å². The summed E-state index contributed by atoms with van der Waals surface area (Å²) in [5.41, 5.74) is 4.90. The lowest BCUT2D eigenvalue weighted by Gasteiger charge is -2.27. The van der Waals surface area contributed by atoms with Crippen LogP contribution in [0.2, 0.25) is 0 Å². The van der Waals surface area contributed by atoms with Crippen molar-refractivity contribution in [1.29, 1.82) is 0 Å². The highest BCUT2D eigenvalue weighted by Gasteiger charge is 2.22. The van der Waals surface area contributed by atoms with Crippen molar-refractivity contribution in [2.45, 2.75) is 11.8 Å². The molecule has 1 N–H and O–H groups in total. The maximum absolute atomic E-state index is 3.46. The van der Waals surface area contributed by atoms with Crippen molar-refractivity contribution >= 4 is 26.6 Å². The molecule has 2 heteroatoms. The van der Waals surface area contributed by atoms with Gasteiger partial charge in [-0.3, -0.25) is 0 Å². The van der Waals surface area contributed by atoms with Crippen LogP contribution in [0.15, 0.2) is 95.4 Å². The number of fused-ring (bicyclic) bond motifs is 3. The summed E-state index contributed by atoms with van der Waals surface area (Å²) in [6.45, 7) is 2.04. The summed E-state index contributed by atoms with van der Waals surface area (Å²) in [4.78, 5) is 2.91. The molecule has 0 aromatic heterocycles. The Morgan fingerprint density at radius 1 is 1.04 bits per heavy atom. The van der Waals surface area contributed by atoms with Crippen molar-refractivity contribution in [3.05, 3.63) is 102 Å². The van der Waals surface area contributed by atoms with Crippen LogP contribution in [0.5, 0.6) is 0 Å². The number of benzene rings is 2. The molecule has 1 atom stereocenters. The molecule has 0 fully saturated rings. The molecule has 0 radical (unpaired) electrons. The summed E-state index contributed by atoms with van der Waals surface area (Å²) < 4.78 is 0. The van der Waals surface area contributed by atoms with E-state index in [4.69, 9.17) is 0 Å². The number of anilines is 1. The van der Waals surface area contributed by atoms with Crippen molar-refractivity contribution in [2.75, 3.05) is 5.32 Å². The minimum absolute atomic E-state index is 0.212. The molecule has 4 rings (SSSR count). The lowest BCUT2D eigenvalue weighted by atomic mass is 10.1. The number of hydrogen-bond donors (Lipinski definition) is 1. The summed E-state index contributed by atoms with van der Waals surface area (Å²) in [7, 11) is 0.212. The van der Waals surface area contributed by atoms with Crippen LogP contribution in [0.3, 0.4) is 0 Å². The van der Waals surface area contributed by atoms with Gasteiger partial charge in [0.2, 0.25) is 0 Å². The molecule has 2 aliphatic rings. The third-order valence-corrected chi connectivity index (χ3v) is 6.23. The van der Waals surface area contributed by atoms with Crippen LogP contribution in [0.25, 0.3) is 5.57 Å². The molecule has 0 saturated heterocycles. The van der Waals surface area contributed by atoms with Crippen molar-refractivity contribution in [1.82, 2.24) is 0 Å². The molecule has 2 heterocycles. The Morgan fingerprint density at radius 3 is 2.75 bits per heavy atom. The summed E-state index contributed by atoms with van der Waals surface area (Å²) >= 11 is 0. The van der Waals surface area contributed by atoms with E-state index in [1.54, 1.807) is 0 Å². The first-order chi connectivity index (χ1) is 11.9. The summed E-state index contributed by atoms with van der Waals surface area (Å²) in [6, 6.07) is 17.1. The van der Waals surface area contributed by atoms with Crippen LogP contribution >= 0.6 is 10.5 Å². The van der Waals surface area contributed by atoms with E-state index in [0.717, 1.165) is 5.69 Å². The lowest BCUT2D eigenvalue weighted by molar-refractivity contribution is 1.40. The van der Waals surface area contributed by atoms with Gasteiger partial charge in [-0.1, -0.05) is 54.6 Å². The van der Waals surface area contributed by atoms with E-state index < -0.39 is 0 Å². The maximum atomic E-state index is 3.46. The van der Waals surface area contributed by atoms with Crippen LogP contribution < -0.4 is 5.32 Å². The van der Waals surface area contributed by atoms with Crippen LogP contribution in [0, 0.1) is 0 Å². The Hall–Kier alpha value is -2.58. The van der Waals surface area contributed by atoms with Crippen LogP contribution in [-0.4, -0.2) is 4.86 Å². The van der Waals surface area contributed by atoms with Crippen molar-refractivity contribution in [2.24, 2.45) is 0 Å². The summed E-state index contributed by atoms with van der Waals surface area (Å²) in [5.74, 6) is 0. The Labute approximate surface area is 145 Å². The second kappa shape index (κ2) is 6.50. The van der Waals surface area contributed by atoms with E-state index in [9.17, 15) is 0 Å². The van der Waals surface area contributed by atoms with Gasteiger partial charge in [0.25, 0.3) is 0 Å². The largest absolute Gasteiger partial charge is 0.361 e. The number of allylic oxidation sites excluding steroid dienone is 6. The molecule has 1 unspecified atom stereocenters. The van der Waals surface area contributed by atoms with Crippen LogP contribution in [-0.2, 0) is 0 Å². The fourth-order valence-corrected chi connectivity index (χ4v) is 4.85. The number of hydrogen-bond acceptors (Lipinski definition) is 1. The first-order valence-corrected chi connectivity index (χ1v) is 9.40. The first kappa shape index (κ1) is 15.0. The first-order valence-electron chi connectivity index (χ1n) is 8.11. The molecule has 0 bridgehead atoms. The molecular formula is C22H19NS. The molecule has 2 aromatic carbocycles. The minimum Gasteiger partial charge on any atom is -0.361 e. The molecule has 118 valence electrons. The van der Waals surface area contributed by atoms with Crippen molar-refractivity contribution < 1.29 is 0 Å². The van der Waals surface area contributed by atoms with Gasteiger partial charge in [0.1, 0.15) is 0 Å².